The molecule has 4 atom stereocenters. The Morgan fingerprint density at radius 1 is 1.39 bits per heavy atom. The number of thioether (sulfide) groups is 1. The molecule has 0 bridgehead atoms. The van der Waals surface area contributed by atoms with Crippen molar-refractivity contribution in [3.63, 3.8) is 0 Å². The summed E-state index contributed by atoms with van der Waals surface area (Å²) in [6.45, 7) is -0.165. The van der Waals surface area contributed by atoms with E-state index in [2.05, 4.69) is 5.10 Å². The van der Waals surface area contributed by atoms with Crippen LogP contribution in [0.15, 0.2) is 35.5 Å². The van der Waals surface area contributed by atoms with Crippen LogP contribution in [0.1, 0.15) is 35.6 Å². The Morgan fingerprint density at radius 2 is 2.16 bits per heavy atom. The lowest BCUT2D eigenvalue weighted by Crippen LogP contribution is -2.32. The summed E-state index contributed by atoms with van der Waals surface area (Å²) in [5, 5.41) is 15.4. The van der Waals surface area contributed by atoms with Crippen molar-refractivity contribution in [3.05, 3.63) is 52.6 Å². The molecule has 1 fully saturated rings. The largest absolute Gasteiger partial charge is 0.507 e. The lowest BCUT2D eigenvalue weighted by molar-refractivity contribution is -0.114. The number of nitrogens with zero attached hydrogens (tertiary/aromatic N) is 3. The first kappa shape index (κ1) is 21.6. The molecule has 1 unspecified atom stereocenters. The first-order valence-electron chi connectivity index (χ1n) is 9.74. The van der Waals surface area contributed by atoms with Crippen LogP contribution in [-0.2, 0) is 16.6 Å². The van der Waals surface area contributed by atoms with Crippen molar-refractivity contribution in [2.45, 2.75) is 36.5 Å². The number of primary amides is 1. The molecule has 31 heavy (non-hydrogen) atoms. The zero-order valence-corrected chi connectivity index (χ0v) is 17.6. The lowest BCUT2D eigenvalue weighted by atomic mass is 10.0. The van der Waals surface area contributed by atoms with Gasteiger partial charge in [0.2, 0.25) is 0 Å². The van der Waals surface area contributed by atoms with Crippen LogP contribution in [-0.4, -0.2) is 39.6 Å². The highest BCUT2D eigenvalue weighted by Gasteiger charge is 2.39. The minimum atomic E-state index is -1.28. The summed E-state index contributed by atoms with van der Waals surface area (Å²) in [4.78, 5) is 13.7. The van der Waals surface area contributed by atoms with Gasteiger partial charge in [-0.05, 0) is 25.0 Å². The van der Waals surface area contributed by atoms with E-state index in [0.717, 1.165) is 11.8 Å². The number of phenolic OH excluding ortho intramolecular Hbond substituents is 1. The second-order valence-electron chi connectivity index (χ2n) is 7.52. The van der Waals surface area contributed by atoms with E-state index in [-0.39, 0.29) is 23.6 Å². The highest BCUT2D eigenvalue weighted by molar-refractivity contribution is 8.02. The molecule has 1 aromatic heterocycles. The van der Waals surface area contributed by atoms with Crippen LogP contribution in [0, 0.1) is 5.82 Å². The maximum absolute atomic E-state index is 14.7. The standard InChI is InChI=1S/C20H23F2N5O3S/c1-26-18(16-6-5-12(23)11(22)8-30-16)13(7-25-26)27-14(19(24)29)9-31-20(27)17-10(21)3-2-4-15(17)28/h2-4,7,9,11-12,16,20,28H,5-6,8,23H2,1H3,(H2,24,29)/t11-,12-,16+,20?/m1/s1. The van der Waals surface area contributed by atoms with Crippen molar-refractivity contribution in [2.24, 2.45) is 18.5 Å². The summed E-state index contributed by atoms with van der Waals surface area (Å²) in [5.74, 6) is -1.58. The molecule has 3 heterocycles. The van der Waals surface area contributed by atoms with Gasteiger partial charge in [0.05, 0.1) is 29.7 Å². The summed E-state index contributed by atoms with van der Waals surface area (Å²) in [6.07, 6.45) is 0.545. The van der Waals surface area contributed by atoms with Gasteiger partial charge in [-0.15, -0.1) is 11.8 Å². The van der Waals surface area contributed by atoms with Gasteiger partial charge in [0, 0.05) is 18.5 Å². The van der Waals surface area contributed by atoms with Crippen LogP contribution in [0.5, 0.6) is 5.75 Å². The second-order valence-corrected chi connectivity index (χ2v) is 8.47. The summed E-state index contributed by atoms with van der Waals surface area (Å²) >= 11 is 1.14. The Labute approximate surface area is 181 Å². The molecule has 0 radical (unpaired) electrons. The van der Waals surface area contributed by atoms with Crippen LogP contribution >= 0.6 is 11.8 Å². The first-order valence-corrected chi connectivity index (χ1v) is 10.7. The van der Waals surface area contributed by atoms with Gasteiger partial charge >= 0.3 is 0 Å². The lowest BCUT2D eigenvalue weighted by Gasteiger charge is -2.30. The molecular formula is C20H23F2N5O3S. The Kier molecular flexibility index (Phi) is 5.91. The molecule has 5 N–H and O–H groups in total. The number of rotatable bonds is 4. The van der Waals surface area contributed by atoms with Gasteiger partial charge in [0.25, 0.3) is 5.91 Å². The van der Waals surface area contributed by atoms with E-state index in [1.807, 2.05) is 0 Å². The van der Waals surface area contributed by atoms with E-state index < -0.39 is 35.4 Å². The van der Waals surface area contributed by atoms with Crippen LogP contribution in [0.25, 0.3) is 0 Å². The minimum Gasteiger partial charge on any atom is -0.507 e. The molecule has 166 valence electrons. The number of hydrogen-bond acceptors (Lipinski definition) is 7. The predicted octanol–water partition coefficient (Wildman–Crippen LogP) is 2.36. The quantitative estimate of drug-likeness (QED) is 0.653. The highest BCUT2D eigenvalue weighted by Crippen LogP contribution is 2.50. The summed E-state index contributed by atoms with van der Waals surface area (Å²) in [5.41, 5.74) is 12.6. The maximum Gasteiger partial charge on any atom is 0.265 e. The smallest absolute Gasteiger partial charge is 0.265 e. The fraction of sp³-hybridized carbons (Fsp3) is 0.400. The fourth-order valence-electron chi connectivity index (χ4n) is 3.92. The molecule has 0 aliphatic carbocycles. The molecule has 0 spiro atoms. The number of aryl methyl sites for hydroxylation is 1. The van der Waals surface area contributed by atoms with E-state index >= 15 is 0 Å². The number of nitrogens with two attached hydrogens (primary N) is 2. The summed E-state index contributed by atoms with van der Waals surface area (Å²) in [6, 6.07) is 3.37. The van der Waals surface area contributed by atoms with Gasteiger partial charge in [-0.3, -0.25) is 9.48 Å². The van der Waals surface area contributed by atoms with Gasteiger partial charge in [0.15, 0.2) is 0 Å². The van der Waals surface area contributed by atoms with Gasteiger partial charge in [-0.25, -0.2) is 8.78 Å². The predicted molar refractivity (Wildman–Crippen MR) is 112 cm³/mol. The Hall–Kier alpha value is -2.63. The molecule has 11 heteroatoms. The van der Waals surface area contributed by atoms with Crippen LogP contribution < -0.4 is 16.4 Å². The van der Waals surface area contributed by atoms with Crippen molar-refractivity contribution in [1.82, 2.24) is 9.78 Å². The number of aromatic hydroxyl groups is 1. The van der Waals surface area contributed by atoms with Crippen LogP contribution in [0.4, 0.5) is 14.5 Å². The number of anilines is 1. The zero-order chi connectivity index (χ0) is 22.3. The van der Waals surface area contributed by atoms with E-state index in [1.165, 1.54) is 34.7 Å². The molecule has 4 rings (SSSR count). The molecule has 1 amide bonds. The van der Waals surface area contributed by atoms with Crippen molar-refractivity contribution in [3.8, 4) is 5.75 Å². The summed E-state index contributed by atoms with van der Waals surface area (Å²) in [7, 11) is 1.70. The number of carbonyl (C=O) groups is 1. The third-order valence-corrected chi connectivity index (χ3v) is 6.61. The van der Waals surface area contributed by atoms with E-state index in [9.17, 15) is 18.7 Å². The van der Waals surface area contributed by atoms with Gasteiger partial charge in [-0.1, -0.05) is 6.07 Å². The molecule has 2 aromatic rings. The van der Waals surface area contributed by atoms with Crippen molar-refractivity contribution >= 4 is 23.4 Å². The Bertz CT molecular complexity index is 998. The Balaban J connectivity index is 1.79. The second kappa shape index (κ2) is 8.48. The number of amides is 1. The first-order chi connectivity index (χ1) is 14.8. The monoisotopic (exact) mass is 451 g/mol. The normalized spacial score (nSPS) is 26.6. The average Bonchev–Trinajstić information content (AvgIpc) is 3.27. The highest BCUT2D eigenvalue weighted by atomic mass is 32.2. The molecule has 0 saturated carbocycles. The third-order valence-electron chi connectivity index (χ3n) is 5.54. The number of ether oxygens (including phenoxy) is 1. The minimum absolute atomic E-state index is 0.0161. The maximum atomic E-state index is 14.7. The molecule has 1 saturated heterocycles. The molecule has 8 nitrogen and oxygen atoms in total. The van der Waals surface area contributed by atoms with Crippen molar-refractivity contribution in [2.75, 3.05) is 11.5 Å². The number of phenols is 1. The van der Waals surface area contributed by atoms with Gasteiger partial charge in [0.1, 0.15) is 34.9 Å². The van der Waals surface area contributed by atoms with E-state index in [1.54, 1.807) is 11.7 Å². The zero-order valence-electron chi connectivity index (χ0n) is 16.7. The van der Waals surface area contributed by atoms with Gasteiger partial charge in [-0.2, -0.15) is 5.10 Å². The van der Waals surface area contributed by atoms with Crippen molar-refractivity contribution in [1.29, 1.82) is 0 Å². The van der Waals surface area contributed by atoms with Crippen LogP contribution in [0.2, 0.25) is 0 Å². The number of benzene rings is 1. The molecule has 2 aliphatic heterocycles. The Morgan fingerprint density at radius 3 is 2.87 bits per heavy atom. The van der Waals surface area contributed by atoms with Crippen molar-refractivity contribution < 1.29 is 23.4 Å². The summed E-state index contributed by atoms with van der Waals surface area (Å²) < 4.78 is 36.1. The van der Waals surface area contributed by atoms with E-state index in [4.69, 9.17) is 16.2 Å². The number of hydrogen-bond donors (Lipinski definition) is 3. The number of halogens is 2. The number of alkyl halides is 1. The average molecular weight is 451 g/mol. The van der Waals surface area contributed by atoms with Crippen LogP contribution in [0.3, 0.4) is 0 Å². The third kappa shape index (κ3) is 3.88. The van der Waals surface area contributed by atoms with Gasteiger partial charge < -0.3 is 26.2 Å². The molecular weight excluding hydrogens is 428 g/mol. The SMILES string of the molecule is Cn1ncc(N2C(C(N)=O)=CSC2c2c(O)cccc2F)c1[C@@H]1CC[C@@H](N)[C@H](F)CO1. The number of carbonyl (C=O) groups excluding carboxylic acids is 1. The molecule has 2 aliphatic rings. The fourth-order valence-corrected chi connectivity index (χ4v) is 5.13. The number of aromatic nitrogens is 2. The van der Waals surface area contributed by atoms with E-state index in [0.29, 0.717) is 24.2 Å². The topological polar surface area (TPSA) is 120 Å². The molecule has 1 aromatic carbocycles.